The van der Waals surface area contributed by atoms with Crippen molar-refractivity contribution in [2.75, 3.05) is 24.2 Å². The maximum absolute atomic E-state index is 11.8. The van der Waals surface area contributed by atoms with E-state index in [1.807, 2.05) is 0 Å². The normalized spacial score (nSPS) is 13.4. The molecule has 1 heterocycles. The van der Waals surface area contributed by atoms with Gasteiger partial charge in [-0.1, -0.05) is 11.8 Å². The summed E-state index contributed by atoms with van der Waals surface area (Å²) in [4.78, 5) is 21.9. The van der Waals surface area contributed by atoms with Gasteiger partial charge in [0, 0.05) is 36.8 Å². The number of anilines is 1. The Morgan fingerprint density at radius 3 is 2.72 bits per heavy atom. The quantitative estimate of drug-likeness (QED) is 0.301. The van der Waals surface area contributed by atoms with Gasteiger partial charge in [-0.05, 0) is 25.0 Å². The lowest BCUT2D eigenvalue weighted by atomic mass is 10.3. The van der Waals surface area contributed by atoms with Crippen LogP contribution in [0.2, 0.25) is 0 Å². The van der Waals surface area contributed by atoms with Gasteiger partial charge in [-0.2, -0.15) is 0 Å². The van der Waals surface area contributed by atoms with Crippen LogP contribution in [0, 0.1) is 10.1 Å². The molecule has 1 fully saturated rings. The molecule has 10 heteroatoms. The summed E-state index contributed by atoms with van der Waals surface area (Å²) in [5, 5.41) is 24.7. The van der Waals surface area contributed by atoms with Gasteiger partial charge in [-0.25, -0.2) is 0 Å². The summed E-state index contributed by atoms with van der Waals surface area (Å²) in [5.74, 6) is 1.15. The van der Waals surface area contributed by atoms with Crippen molar-refractivity contribution in [1.82, 2.24) is 15.5 Å². The van der Waals surface area contributed by atoms with Crippen molar-refractivity contribution in [3.63, 3.8) is 0 Å². The van der Waals surface area contributed by atoms with Crippen LogP contribution in [0.3, 0.4) is 0 Å². The zero-order chi connectivity index (χ0) is 17.6. The van der Waals surface area contributed by atoms with E-state index in [0.29, 0.717) is 30.1 Å². The van der Waals surface area contributed by atoms with Gasteiger partial charge in [0.2, 0.25) is 11.8 Å². The minimum Gasteiger partial charge on any atom is -0.416 e. The predicted octanol–water partition coefficient (Wildman–Crippen LogP) is 2.18. The standard InChI is InChI=1S/C15H17N5O4S/c21-13(9-25-15-19-18-14(24-15)10-1-2-10)17-8-7-16-11-3-5-12(6-4-11)20(22)23/h3-6,10,16H,1-2,7-9H2,(H,17,21). The minimum atomic E-state index is -0.446. The highest BCUT2D eigenvalue weighted by Gasteiger charge is 2.29. The molecule has 0 bridgehead atoms. The van der Waals surface area contributed by atoms with Crippen LogP contribution < -0.4 is 10.6 Å². The zero-order valence-electron chi connectivity index (χ0n) is 13.3. The number of nitro groups is 1. The number of amides is 1. The summed E-state index contributed by atoms with van der Waals surface area (Å²) in [6, 6.07) is 6.11. The molecule has 1 saturated carbocycles. The van der Waals surface area contributed by atoms with Crippen molar-refractivity contribution in [3.05, 3.63) is 40.3 Å². The van der Waals surface area contributed by atoms with Crippen molar-refractivity contribution in [2.45, 2.75) is 24.0 Å². The molecule has 9 nitrogen and oxygen atoms in total. The minimum absolute atomic E-state index is 0.0433. The Kier molecular flexibility index (Phi) is 5.49. The fourth-order valence-corrected chi connectivity index (χ4v) is 2.66. The number of carbonyl (C=O) groups is 1. The summed E-state index contributed by atoms with van der Waals surface area (Å²) < 4.78 is 5.47. The molecule has 0 atom stereocenters. The number of non-ortho nitro benzene ring substituents is 1. The number of nitro benzene ring substituents is 1. The lowest BCUT2D eigenvalue weighted by molar-refractivity contribution is -0.384. The highest BCUT2D eigenvalue weighted by molar-refractivity contribution is 7.99. The molecule has 1 aromatic carbocycles. The van der Waals surface area contributed by atoms with E-state index in [2.05, 4.69) is 20.8 Å². The van der Waals surface area contributed by atoms with Crippen LogP contribution in [-0.2, 0) is 4.79 Å². The van der Waals surface area contributed by atoms with Gasteiger partial charge >= 0.3 is 0 Å². The number of carbonyl (C=O) groups excluding carboxylic acids is 1. The number of hydrogen-bond acceptors (Lipinski definition) is 8. The van der Waals surface area contributed by atoms with Gasteiger partial charge in [0.05, 0.1) is 10.7 Å². The van der Waals surface area contributed by atoms with Crippen molar-refractivity contribution in [1.29, 1.82) is 0 Å². The van der Waals surface area contributed by atoms with Crippen LogP contribution >= 0.6 is 11.8 Å². The van der Waals surface area contributed by atoms with Crippen molar-refractivity contribution in [3.8, 4) is 0 Å². The second kappa shape index (κ2) is 7.97. The molecule has 132 valence electrons. The molecule has 3 rings (SSSR count). The Hall–Kier alpha value is -2.62. The van der Waals surface area contributed by atoms with E-state index in [4.69, 9.17) is 4.42 Å². The van der Waals surface area contributed by atoms with E-state index in [0.717, 1.165) is 18.5 Å². The number of nitrogens with one attached hydrogen (secondary N) is 2. The molecular formula is C15H17N5O4S. The molecule has 2 N–H and O–H groups in total. The van der Waals surface area contributed by atoms with Crippen molar-refractivity contribution >= 4 is 29.0 Å². The average Bonchev–Trinajstić information content (AvgIpc) is 3.36. The summed E-state index contributed by atoms with van der Waals surface area (Å²) in [6.45, 7) is 0.953. The molecule has 0 saturated heterocycles. The molecule has 2 aromatic rings. The fraction of sp³-hybridized carbons (Fsp3) is 0.400. The van der Waals surface area contributed by atoms with E-state index < -0.39 is 4.92 Å². The number of nitrogens with zero attached hydrogens (tertiary/aromatic N) is 3. The molecular weight excluding hydrogens is 346 g/mol. The second-order valence-electron chi connectivity index (χ2n) is 5.55. The Bertz CT molecular complexity index is 745. The van der Waals surface area contributed by atoms with Gasteiger partial charge in [0.15, 0.2) is 0 Å². The van der Waals surface area contributed by atoms with Crippen molar-refractivity contribution in [2.24, 2.45) is 0 Å². The second-order valence-corrected chi connectivity index (χ2v) is 6.48. The van der Waals surface area contributed by atoms with E-state index in [1.54, 1.807) is 12.1 Å². The molecule has 0 radical (unpaired) electrons. The fourth-order valence-electron chi connectivity index (χ4n) is 2.06. The van der Waals surface area contributed by atoms with Crippen LogP contribution in [0.1, 0.15) is 24.7 Å². The molecule has 0 spiro atoms. The number of rotatable bonds is 9. The highest BCUT2D eigenvalue weighted by atomic mass is 32.2. The largest absolute Gasteiger partial charge is 0.416 e. The maximum atomic E-state index is 11.8. The predicted molar refractivity (Wildman–Crippen MR) is 91.6 cm³/mol. The molecule has 1 amide bonds. The Morgan fingerprint density at radius 2 is 2.04 bits per heavy atom. The first-order chi connectivity index (χ1) is 12.1. The van der Waals surface area contributed by atoms with Crippen LogP contribution in [0.25, 0.3) is 0 Å². The monoisotopic (exact) mass is 363 g/mol. The number of thioether (sulfide) groups is 1. The first-order valence-corrected chi connectivity index (χ1v) is 8.81. The topological polar surface area (TPSA) is 123 Å². The third-order valence-corrected chi connectivity index (χ3v) is 4.35. The van der Waals surface area contributed by atoms with E-state index in [1.165, 1.54) is 23.9 Å². The first kappa shape index (κ1) is 17.2. The van der Waals surface area contributed by atoms with Gasteiger partial charge in [0.1, 0.15) is 0 Å². The maximum Gasteiger partial charge on any atom is 0.277 e. The number of hydrogen-bond donors (Lipinski definition) is 2. The third-order valence-electron chi connectivity index (χ3n) is 3.53. The lowest BCUT2D eigenvalue weighted by Gasteiger charge is -2.07. The smallest absolute Gasteiger partial charge is 0.277 e. The van der Waals surface area contributed by atoms with E-state index in [-0.39, 0.29) is 17.3 Å². The third kappa shape index (κ3) is 5.18. The molecule has 25 heavy (non-hydrogen) atoms. The lowest BCUT2D eigenvalue weighted by Crippen LogP contribution is -2.30. The summed E-state index contributed by atoms with van der Waals surface area (Å²) in [7, 11) is 0. The van der Waals surface area contributed by atoms with E-state index >= 15 is 0 Å². The Labute approximate surface area is 147 Å². The van der Waals surface area contributed by atoms with Crippen molar-refractivity contribution < 1.29 is 14.1 Å². The Balaban J connectivity index is 1.31. The average molecular weight is 363 g/mol. The molecule has 1 aromatic heterocycles. The molecule has 0 aliphatic heterocycles. The van der Waals surface area contributed by atoms with E-state index in [9.17, 15) is 14.9 Å². The summed E-state index contributed by atoms with van der Waals surface area (Å²) >= 11 is 1.22. The van der Waals surface area contributed by atoms with Crippen LogP contribution in [0.5, 0.6) is 0 Å². The first-order valence-electron chi connectivity index (χ1n) is 7.83. The molecule has 1 aliphatic rings. The number of benzene rings is 1. The SMILES string of the molecule is O=C(CSc1nnc(C2CC2)o1)NCCNc1ccc([N+](=O)[O-])cc1. The Morgan fingerprint density at radius 1 is 1.28 bits per heavy atom. The van der Waals surface area contributed by atoms with Crippen LogP contribution in [0.4, 0.5) is 11.4 Å². The highest BCUT2D eigenvalue weighted by Crippen LogP contribution is 2.39. The number of aromatic nitrogens is 2. The van der Waals surface area contributed by atoms with Crippen LogP contribution in [-0.4, -0.2) is 39.9 Å². The summed E-state index contributed by atoms with van der Waals surface area (Å²) in [5.41, 5.74) is 0.800. The van der Waals surface area contributed by atoms with Crippen LogP contribution in [0.15, 0.2) is 33.9 Å². The zero-order valence-corrected chi connectivity index (χ0v) is 14.1. The summed E-state index contributed by atoms with van der Waals surface area (Å²) in [6.07, 6.45) is 2.18. The van der Waals surface area contributed by atoms with Gasteiger partial charge < -0.3 is 15.1 Å². The molecule has 1 aliphatic carbocycles. The van der Waals surface area contributed by atoms with Gasteiger partial charge in [-0.15, -0.1) is 10.2 Å². The van der Waals surface area contributed by atoms with Gasteiger partial charge in [0.25, 0.3) is 10.9 Å². The van der Waals surface area contributed by atoms with Gasteiger partial charge in [-0.3, -0.25) is 14.9 Å². The molecule has 0 unspecified atom stereocenters.